The van der Waals surface area contributed by atoms with Gasteiger partial charge in [-0.15, -0.1) is 0 Å². The number of nitrogens with zero attached hydrogens (tertiary/aromatic N) is 3. The maximum absolute atomic E-state index is 14.0. The van der Waals surface area contributed by atoms with Gasteiger partial charge in [0.1, 0.15) is 10.8 Å². The molecule has 0 bridgehead atoms. The lowest BCUT2D eigenvalue weighted by Gasteiger charge is -2.32. The molecule has 3 aromatic rings. The van der Waals surface area contributed by atoms with E-state index in [-0.39, 0.29) is 17.5 Å². The van der Waals surface area contributed by atoms with Crippen molar-refractivity contribution >= 4 is 40.8 Å². The number of anilines is 2. The number of hydrogen-bond donors (Lipinski definition) is 1. The molecule has 160 valence electrons. The molecule has 0 aliphatic carbocycles. The predicted octanol–water partition coefficient (Wildman–Crippen LogP) is 5.58. The zero-order chi connectivity index (χ0) is 21.8. The average molecular weight is 457 g/mol. The zero-order valence-electron chi connectivity index (χ0n) is 17.0. The van der Waals surface area contributed by atoms with Crippen LogP contribution in [0, 0.1) is 18.7 Å². The summed E-state index contributed by atoms with van der Waals surface area (Å²) in [4.78, 5) is 25.0. The topological polar surface area (TPSA) is 58.1 Å². The summed E-state index contributed by atoms with van der Waals surface area (Å²) < 4.78 is 14.0. The van der Waals surface area contributed by atoms with Crippen molar-refractivity contribution in [3.63, 3.8) is 0 Å². The highest BCUT2D eigenvalue weighted by Gasteiger charge is 2.27. The van der Waals surface area contributed by atoms with Crippen LogP contribution < -0.4 is 10.2 Å². The summed E-state index contributed by atoms with van der Waals surface area (Å²) in [6.07, 6.45) is 4.70. The highest BCUT2D eigenvalue weighted by atomic mass is 35.5. The summed E-state index contributed by atoms with van der Waals surface area (Å²) in [6.45, 7) is 3.42. The molecule has 2 aromatic carbocycles. The van der Waals surface area contributed by atoms with E-state index in [4.69, 9.17) is 11.6 Å². The van der Waals surface area contributed by atoms with Gasteiger partial charge in [0.25, 0.3) is 0 Å². The van der Waals surface area contributed by atoms with Crippen molar-refractivity contribution in [2.75, 3.05) is 23.3 Å². The largest absolute Gasteiger partial charge is 0.354 e. The number of amides is 1. The fourth-order valence-corrected chi connectivity index (χ4v) is 4.54. The minimum Gasteiger partial charge on any atom is -0.354 e. The molecule has 0 spiro atoms. The lowest BCUT2D eigenvalue weighted by molar-refractivity contribution is -0.120. The van der Waals surface area contributed by atoms with E-state index in [1.165, 1.54) is 17.7 Å². The number of nitrogens with one attached hydrogen (secondary N) is 1. The van der Waals surface area contributed by atoms with Crippen LogP contribution in [0.3, 0.4) is 0 Å². The monoisotopic (exact) mass is 456 g/mol. The highest BCUT2D eigenvalue weighted by Crippen LogP contribution is 2.34. The van der Waals surface area contributed by atoms with E-state index in [1.54, 1.807) is 30.2 Å². The van der Waals surface area contributed by atoms with Crippen LogP contribution in [0.4, 0.5) is 15.9 Å². The standard InChI is InChI=1S/C23H22ClFN4OS/c1-15-2-5-18(6-3-15)31-23-21(26-10-11-27-23)29-12-8-16(9-13-29)22(30)28-20-7-4-17(24)14-19(20)25/h2-7,10-11,14,16H,8-9,12-13H2,1H3,(H,28,30). The lowest BCUT2D eigenvalue weighted by atomic mass is 9.96. The fourth-order valence-electron chi connectivity index (χ4n) is 3.50. The Morgan fingerprint density at radius 1 is 1.13 bits per heavy atom. The first-order valence-electron chi connectivity index (χ1n) is 10.1. The van der Waals surface area contributed by atoms with Crippen LogP contribution in [0.15, 0.2) is 64.8 Å². The third-order valence-electron chi connectivity index (χ3n) is 5.24. The van der Waals surface area contributed by atoms with Gasteiger partial charge in [-0.3, -0.25) is 4.79 Å². The molecule has 1 amide bonds. The molecule has 5 nitrogen and oxygen atoms in total. The van der Waals surface area contributed by atoms with Crippen LogP contribution in [0.1, 0.15) is 18.4 Å². The van der Waals surface area contributed by atoms with Crippen LogP contribution in [0.5, 0.6) is 0 Å². The Morgan fingerprint density at radius 2 is 1.84 bits per heavy atom. The highest BCUT2D eigenvalue weighted by molar-refractivity contribution is 7.99. The van der Waals surface area contributed by atoms with Crippen molar-refractivity contribution < 1.29 is 9.18 Å². The molecule has 1 saturated heterocycles. The molecule has 1 aromatic heterocycles. The van der Waals surface area contributed by atoms with Gasteiger partial charge in [-0.25, -0.2) is 14.4 Å². The molecule has 8 heteroatoms. The smallest absolute Gasteiger partial charge is 0.227 e. The van der Waals surface area contributed by atoms with Crippen LogP contribution in [0.25, 0.3) is 0 Å². The fraction of sp³-hybridized carbons (Fsp3) is 0.261. The number of piperidine rings is 1. The molecule has 0 atom stereocenters. The van der Waals surface area contributed by atoms with Crippen molar-refractivity contribution in [1.29, 1.82) is 0 Å². The summed E-state index contributed by atoms with van der Waals surface area (Å²) in [6, 6.07) is 12.5. The minimum atomic E-state index is -0.532. The second-order valence-corrected chi connectivity index (χ2v) is 8.97. The summed E-state index contributed by atoms with van der Waals surface area (Å²) in [5, 5.41) is 3.83. The number of aryl methyl sites for hydroxylation is 1. The molecule has 0 radical (unpaired) electrons. The van der Waals surface area contributed by atoms with Crippen molar-refractivity contribution in [2.24, 2.45) is 5.92 Å². The van der Waals surface area contributed by atoms with Gasteiger partial charge < -0.3 is 10.2 Å². The van der Waals surface area contributed by atoms with Gasteiger partial charge in [0.15, 0.2) is 5.82 Å². The predicted molar refractivity (Wildman–Crippen MR) is 122 cm³/mol. The third kappa shape index (κ3) is 5.35. The number of carbonyl (C=O) groups is 1. The number of hydrogen-bond acceptors (Lipinski definition) is 5. The molecule has 2 heterocycles. The van der Waals surface area contributed by atoms with Crippen molar-refractivity contribution in [2.45, 2.75) is 29.7 Å². The molecule has 0 saturated carbocycles. The summed E-state index contributed by atoms with van der Waals surface area (Å²) in [5.74, 6) is -0.0585. The Morgan fingerprint density at radius 3 is 2.55 bits per heavy atom. The molecule has 1 N–H and O–H groups in total. The quantitative estimate of drug-likeness (QED) is 0.542. The van der Waals surface area contributed by atoms with E-state index in [0.29, 0.717) is 31.0 Å². The van der Waals surface area contributed by atoms with Gasteiger partial charge in [-0.1, -0.05) is 41.1 Å². The van der Waals surface area contributed by atoms with E-state index in [2.05, 4.69) is 51.4 Å². The molecule has 1 aliphatic heterocycles. The number of benzene rings is 2. The van der Waals surface area contributed by atoms with E-state index in [1.807, 2.05) is 0 Å². The van der Waals surface area contributed by atoms with Gasteiger partial charge in [0, 0.05) is 41.3 Å². The van der Waals surface area contributed by atoms with Crippen LogP contribution in [-0.4, -0.2) is 29.0 Å². The third-order valence-corrected chi connectivity index (χ3v) is 6.46. The number of halogens is 2. The van der Waals surface area contributed by atoms with Crippen LogP contribution in [0.2, 0.25) is 5.02 Å². The lowest BCUT2D eigenvalue weighted by Crippen LogP contribution is -2.39. The Kier molecular flexibility index (Phi) is 6.73. The molecule has 0 unspecified atom stereocenters. The zero-order valence-corrected chi connectivity index (χ0v) is 18.6. The van der Waals surface area contributed by atoms with Crippen molar-refractivity contribution in [3.05, 3.63) is 71.3 Å². The molecule has 31 heavy (non-hydrogen) atoms. The minimum absolute atomic E-state index is 0.155. The first-order chi connectivity index (χ1) is 15.0. The van der Waals surface area contributed by atoms with Gasteiger partial charge in [0.2, 0.25) is 5.91 Å². The van der Waals surface area contributed by atoms with Gasteiger partial charge in [0.05, 0.1) is 5.69 Å². The van der Waals surface area contributed by atoms with Crippen LogP contribution >= 0.6 is 23.4 Å². The Bertz CT molecular complexity index is 1070. The Hall–Kier alpha value is -2.64. The first kappa shape index (κ1) is 21.6. The number of rotatable bonds is 5. The summed E-state index contributed by atoms with van der Waals surface area (Å²) in [5.41, 5.74) is 1.37. The second-order valence-electron chi connectivity index (χ2n) is 7.47. The maximum Gasteiger partial charge on any atom is 0.227 e. The SMILES string of the molecule is Cc1ccc(Sc2nccnc2N2CCC(C(=O)Nc3ccc(Cl)cc3F)CC2)cc1. The number of aromatic nitrogens is 2. The molecular weight excluding hydrogens is 435 g/mol. The van der Waals surface area contributed by atoms with Gasteiger partial charge in [-0.2, -0.15) is 0 Å². The Balaban J connectivity index is 1.39. The number of carbonyl (C=O) groups excluding carboxylic acids is 1. The maximum atomic E-state index is 14.0. The Labute approximate surface area is 190 Å². The van der Waals surface area contributed by atoms with Crippen molar-refractivity contribution in [3.8, 4) is 0 Å². The normalized spacial score (nSPS) is 14.5. The summed E-state index contributed by atoms with van der Waals surface area (Å²) >= 11 is 7.36. The van der Waals surface area contributed by atoms with E-state index in [9.17, 15) is 9.18 Å². The van der Waals surface area contributed by atoms with E-state index >= 15 is 0 Å². The van der Waals surface area contributed by atoms with Gasteiger partial charge >= 0.3 is 0 Å². The molecule has 1 aliphatic rings. The van der Waals surface area contributed by atoms with Crippen LogP contribution in [-0.2, 0) is 4.79 Å². The molecular formula is C23H22ClFN4OS. The molecule has 4 rings (SSSR count). The van der Waals surface area contributed by atoms with Gasteiger partial charge in [-0.05, 0) is 50.1 Å². The van der Waals surface area contributed by atoms with E-state index in [0.717, 1.165) is 15.7 Å². The van der Waals surface area contributed by atoms with E-state index < -0.39 is 5.82 Å². The van der Waals surface area contributed by atoms with Crippen molar-refractivity contribution in [1.82, 2.24) is 9.97 Å². The summed E-state index contributed by atoms with van der Waals surface area (Å²) in [7, 11) is 0. The second kappa shape index (κ2) is 9.66. The molecule has 1 fully saturated rings. The average Bonchev–Trinajstić information content (AvgIpc) is 2.78. The first-order valence-corrected chi connectivity index (χ1v) is 11.3.